The van der Waals surface area contributed by atoms with Crippen LogP contribution in [-0.2, 0) is 14.9 Å². The molecule has 9 heteroatoms. The van der Waals surface area contributed by atoms with Crippen molar-refractivity contribution in [3.8, 4) is 29.1 Å². The molecule has 0 heterocycles. The average Bonchev–Trinajstić information content (AvgIpc) is 2.92. The molecule has 2 aromatic rings. The molecule has 0 aromatic heterocycles. The van der Waals surface area contributed by atoms with E-state index in [0.717, 1.165) is 11.1 Å². The maximum absolute atomic E-state index is 13.0. The lowest BCUT2D eigenvalue weighted by molar-refractivity contribution is -0.522. The Kier molecular flexibility index (Phi) is 14.1. The molecular formula is C30H41IN2O6. The molecule has 0 amide bonds. The molecule has 0 saturated heterocycles. The average molecular weight is 653 g/mol. The number of hydrogen-bond donors (Lipinski definition) is 0. The number of rotatable bonds is 14. The number of methoxy groups -OCH3 is 4. The lowest BCUT2D eigenvalue weighted by atomic mass is 9.69. The number of carbonyl (C=O) groups excluding carboxylic acids is 1. The lowest BCUT2D eigenvalue weighted by Gasteiger charge is -2.32. The van der Waals surface area contributed by atoms with E-state index in [1.807, 2.05) is 68.1 Å². The predicted molar refractivity (Wildman–Crippen MR) is 147 cm³/mol. The highest BCUT2D eigenvalue weighted by atomic mass is 127. The van der Waals surface area contributed by atoms with Gasteiger partial charge in [-0.05, 0) is 61.6 Å². The molecular weight excluding hydrogens is 611 g/mol. The molecule has 0 aliphatic heterocycles. The van der Waals surface area contributed by atoms with Crippen molar-refractivity contribution in [3.05, 3.63) is 47.5 Å². The highest BCUT2D eigenvalue weighted by Crippen LogP contribution is 2.41. The number of likely N-dealkylation sites (N-methyl/N-ethyl adjacent to an activating group) is 1. The van der Waals surface area contributed by atoms with Gasteiger partial charge in [-0.15, -0.1) is 0 Å². The number of halogens is 1. The summed E-state index contributed by atoms with van der Waals surface area (Å²) < 4.78 is 28.9. The van der Waals surface area contributed by atoms with Crippen molar-refractivity contribution in [2.75, 3.05) is 42.1 Å². The minimum absolute atomic E-state index is 0. The van der Waals surface area contributed by atoms with Gasteiger partial charge in [0.05, 0.1) is 46.5 Å². The summed E-state index contributed by atoms with van der Waals surface area (Å²) in [5.74, 6) is 2.16. The van der Waals surface area contributed by atoms with Crippen LogP contribution in [0.15, 0.2) is 36.4 Å². The van der Waals surface area contributed by atoms with E-state index in [1.54, 1.807) is 35.4 Å². The van der Waals surface area contributed by atoms with Gasteiger partial charge < -0.3 is 47.7 Å². The van der Waals surface area contributed by atoms with Gasteiger partial charge in [0, 0.05) is 12.0 Å². The van der Waals surface area contributed by atoms with Crippen molar-refractivity contribution < 1.29 is 57.0 Å². The first-order chi connectivity index (χ1) is 18.2. The zero-order valence-electron chi connectivity index (χ0n) is 24.2. The number of carbonyl (C=O) groups is 1. The van der Waals surface area contributed by atoms with E-state index in [4.69, 9.17) is 23.7 Å². The summed E-state index contributed by atoms with van der Waals surface area (Å²) in [4.78, 5) is 13.0. The standard InChI is InChI=1S/C30H41N2O6.HI/c1-9-38-29(33)24(32(4)19-22-12-14-25(34-5)27(17-22)36-7)11-10-16-30(20-31,21(2)3)23-13-15-26(35-6)28(18-23)37-8;/h12-15,17-19,21,24H,9-11,16H2,1-8H3;1H/q+1;/p-1. The second-order valence-electron chi connectivity index (χ2n) is 9.38. The Hall–Kier alpha value is -3.00. The van der Waals surface area contributed by atoms with Crippen molar-refractivity contribution in [3.63, 3.8) is 0 Å². The van der Waals surface area contributed by atoms with E-state index in [1.165, 1.54) is 0 Å². The van der Waals surface area contributed by atoms with Crippen LogP contribution < -0.4 is 42.9 Å². The first kappa shape index (κ1) is 34.0. The van der Waals surface area contributed by atoms with Gasteiger partial charge in [-0.2, -0.15) is 5.26 Å². The molecule has 0 bridgehead atoms. The largest absolute Gasteiger partial charge is 1.00 e. The van der Waals surface area contributed by atoms with Crippen LogP contribution in [0.2, 0.25) is 0 Å². The Morgan fingerprint density at radius 2 is 1.54 bits per heavy atom. The van der Waals surface area contributed by atoms with Crippen LogP contribution in [0.1, 0.15) is 51.2 Å². The molecule has 8 nitrogen and oxygen atoms in total. The molecule has 0 N–H and O–H groups in total. The van der Waals surface area contributed by atoms with Crippen molar-refractivity contribution >= 4 is 12.2 Å². The Morgan fingerprint density at radius 3 is 2.05 bits per heavy atom. The molecule has 2 unspecified atom stereocenters. The fourth-order valence-electron chi connectivity index (χ4n) is 4.69. The highest BCUT2D eigenvalue weighted by Gasteiger charge is 2.38. The maximum atomic E-state index is 13.0. The molecule has 2 rings (SSSR count). The van der Waals surface area contributed by atoms with Crippen LogP contribution in [-0.4, -0.2) is 64.9 Å². The summed E-state index contributed by atoms with van der Waals surface area (Å²) in [6.45, 7) is 6.17. The van der Waals surface area contributed by atoms with Crippen LogP contribution in [0.3, 0.4) is 0 Å². The summed E-state index contributed by atoms with van der Waals surface area (Å²) >= 11 is 0. The zero-order valence-corrected chi connectivity index (χ0v) is 26.4. The summed E-state index contributed by atoms with van der Waals surface area (Å²) in [7, 11) is 8.20. The third-order valence-electron chi connectivity index (χ3n) is 6.94. The third kappa shape index (κ3) is 8.24. The predicted octanol–water partition coefficient (Wildman–Crippen LogP) is 2.01. The second-order valence-corrected chi connectivity index (χ2v) is 9.38. The minimum atomic E-state index is -0.760. The number of ether oxygens (including phenoxy) is 5. The summed E-state index contributed by atoms with van der Waals surface area (Å²) in [6, 6.07) is 13.3. The summed E-state index contributed by atoms with van der Waals surface area (Å²) in [5, 5.41) is 10.4. The third-order valence-corrected chi connectivity index (χ3v) is 6.94. The first-order valence-corrected chi connectivity index (χ1v) is 12.8. The van der Waals surface area contributed by atoms with E-state index >= 15 is 0 Å². The van der Waals surface area contributed by atoms with Crippen molar-refractivity contribution in [1.82, 2.24) is 0 Å². The topological polar surface area (TPSA) is 90.0 Å². The van der Waals surface area contributed by atoms with Gasteiger partial charge in [0.1, 0.15) is 7.05 Å². The van der Waals surface area contributed by atoms with Gasteiger partial charge in [-0.1, -0.05) is 19.9 Å². The first-order valence-electron chi connectivity index (χ1n) is 12.8. The van der Waals surface area contributed by atoms with Gasteiger partial charge in [0.2, 0.25) is 6.04 Å². The maximum Gasteiger partial charge on any atom is 0.375 e. The minimum Gasteiger partial charge on any atom is -1.00 e. The molecule has 214 valence electrons. The van der Waals surface area contributed by atoms with Crippen molar-refractivity contribution in [2.45, 2.75) is 51.5 Å². The Balaban J connectivity index is 0.00000760. The van der Waals surface area contributed by atoms with Crippen LogP contribution in [0.4, 0.5) is 0 Å². The summed E-state index contributed by atoms with van der Waals surface area (Å²) in [6.07, 6.45) is 3.60. The van der Waals surface area contributed by atoms with E-state index in [0.29, 0.717) is 48.9 Å². The SMILES string of the molecule is CCOC(=O)C(CCCC(C#N)(c1ccc(OC)c(OC)c1)C(C)C)[N+](C)=Cc1ccc(OC)c(OC)c1.[I-]. The van der Waals surface area contributed by atoms with Crippen LogP contribution in [0.25, 0.3) is 0 Å². The highest BCUT2D eigenvalue weighted by molar-refractivity contribution is 5.80. The Bertz CT molecular complexity index is 1160. The number of nitriles is 1. The monoisotopic (exact) mass is 652 g/mol. The van der Waals surface area contributed by atoms with Gasteiger partial charge in [0.25, 0.3) is 0 Å². The molecule has 0 spiro atoms. The van der Waals surface area contributed by atoms with Gasteiger partial charge in [0.15, 0.2) is 29.2 Å². The fraction of sp³-hybridized carbons (Fsp3) is 0.500. The smallest absolute Gasteiger partial charge is 0.375 e. The Labute approximate surface area is 249 Å². The zero-order chi connectivity index (χ0) is 28.3. The van der Waals surface area contributed by atoms with Crippen LogP contribution >= 0.6 is 0 Å². The molecule has 0 aliphatic rings. The van der Waals surface area contributed by atoms with E-state index in [2.05, 4.69) is 6.07 Å². The summed E-state index contributed by atoms with van der Waals surface area (Å²) in [5.41, 5.74) is 0.966. The fourth-order valence-corrected chi connectivity index (χ4v) is 4.69. The quantitative estimate of drug-likeness (QED) is 0.134. The van der Waals surface area contributed by atoms with E-state index < -0.39 is 11.5 Å². The molecule has 0 aliphatic carbocycles. The molecule has 39 heavy (non-hydrogen) atoms. The van der Waals surface area contributed by atoms with Crippen LogP contribution in [0, 0.1) is 17.2 Å². The van der Waals surface area contributed by atoms with Crippen molar-refractivity contribution in [2.24, 2.45) is 5.92 Å². The molecule has 2 aromatic carbocycles. The number of hydrogen-bond acceptors (Lipinski definition) is 7. The Morgan fingerprint density at radius 1 is 0.974 bits per heavy atom. The molecule has 2 atom stereocenters. The number of nitrogens with zero attached hydrogens (tertiary/aromatic N) is 2. The van der Waals surface area contributed by atoms with E-state index in [9.17, 15) is 10.1 Å². The van der Waals surface area contributed by atoms with E-state index in [-0.39, 0.29) is 35.9 Å². The molecule has 0 radical (unpaired) electrons. The molecule has 0 fully saturated rings. The normalized spacial score (nSPS) is 13.4. The van der Waals surface area contributed by atoms with Gasteiger partial charge in [-0.25, -0.2) is 9.37 Å². The van der Waals surface area contributed by atoms with Gasteiger partial charge >= 0.3 is 5.97 Å². The number of benzene rings is 2. The van der Waals surface area contributed by atoms with Gasteiger partial charge in [-0.3, -0.25) is 0 Å². The number of esters is 1. The lowest BCUT2D eigenvalue weighted by Crippen LogP contribution is -3.00. The second kappa shape index (κ2) is 16.2. The van der Waals surface area contributed by atoms with Crippen molar-refractivity contribution in [1.29, 1.82) is 5.26 Å². The van der Waals surface area contributed by atoms with Crippen LogP contribution in [0.5, 0.6) is 23.0 Å². The molecule has 0 saturated carbocycles.